The molecule has 2 atom stereocenters. The van der Waals surface area contributed by atoms with Crippen molar-refractivity contribution in [2.45, 2.75) is 25.0 Å². The third-order valence-corrected chi connectivity index (χ3v) is 4.28. The van der Waals surface area contributed by atoms with Crippen molar-refractivity contribution in [3.8, 4) is 23.0 Å². The number of phenolic OH excluding ortho intramolecular Hbond substituents is 2. The number of ether oxygens (including phenoxy) is 2. The summed E-state index contributed by atoms with van der Waals surface area (Å²) in [6.45, 7) is -0.0615. The molecule has 2 aromatic carbocycles. The van der Waals surface area contributed by atoms with Gasteiger partial charge in [-0.05, 0) is 24.3 Å². The standard InChI is InChI=1S/C17H16O5/c18-6-5-10-13(20)4-3-12-16-8-15(22-17(10)12)11-2-1-9(19)7-14(11)21-16/h1-4,7,15-16,18-20H,5-6,8H2. The maximum atomic E-state index is 10.0. The van der Waals surface area contributed by atoms with Crippen molar-refractivity contribution in [2.24, 2.45) is 0 Å². The van der Waals surface area contributed by atoms with Gasteiger partial charge >= 0.3 is 0 Å². The zero-order valence-electron chi connectivity index (χ0n) is 11.8. The van der Waals surface area contributed by atoms with Gasteiger partial charge in [0.15, 0.2) is 0 Å². The first-order valence-corrected chi connectivity index (χ1v) is 7.29. The number of hydrogen-bond donors (Lipinski definition) is 3. The first kappa shape index (κ1) is 13.3. The summed E-state index contributed by atoms with van der Waals surface area (Å²) in [4.78, 5) is 0. The molecule has 0 aromatic heterocycles. The Bertz CT molecular complexity index is 740. The Morgan fingerprint density at radius 3 is 2.59 bits per heavy atom. The molecule has 2 bridgehead atoms. The molecule has 0 radical (unpaired) electrons. The van der Waals surface area contributed by atoms with Crippen molar-refractivity contribution >= 4 is 0 Å². The van der Waals surface area contributed by atoms with Crippen LogP contribution < -0.4 is 9.47 Å². The predicted octanol–water partition coefficient (Wildman–Crippen LogP) is 2.59. The molecular formula is C17H16O5. The van der Waals surface area contributed by atoms with Crippen LogP contribution in [0.25, 0.3) is 0 Å². The highest BCUT2D eigenvalue weighted by molar-refractivity contribution is 5.54. The lowest BCUT2D eigenvalue weighted by Crippen LogP contribution is -2.28. The molecule has 4 rings (SSSR count). The van der Waals surface area contributed by atoms with E-state index in [1.54, 1.807) is 30.3 Å². The lowest BCUT2D eigenvalue weighted by atomic mass is 9.89. The fourth-order valence-electron chi connectivity index (χ4n) is 3.24. The van der Waals surface area contributed by atoms with Crippen LogP contribution in [0.3, 0.4) is 0 Å². The van der Waals surface area contributed by atoms with Crippen LogP contribution in [0.15, 0.2) is 30.3 Å². The van der Waals surface area contributed by atoms with Gasteiger partial charge in [-0.25, -0.2) is 0 Å². The van der Waals surface area contributed by atoms with Crippen molar-refractivity contribution in [2.75, 3.05) is 6.61 Å². The molecule has 2 unspecified atom stereocenters. The quantitative estimate of drug-likeness (QED) is 0.794. The fraction of sp³-hybridized carbons (Fsp3) is 0.294. The fourth-order valence-corrected chi connectivity index (χ4v) is 3.24. The van der Waals surface area contributed by atoms with Gasteiger partial charge in [-0.2, -0.15) is 0 Å². The molecule has 5 heteroatoms. The van der Waals surface area contributed by atoms with Crippen molar-refractivity contribution in [3.05, 3.63) is 47.0 Å². The van der Waals surface area contributed by atoms with Gasteiger partial charge in [0.2, 0.25) is 0 Å². The van der Waals surface area contributed by atoms with Crippen LogP contribution in [-0.2, 0) is 6.42 Å². The summed E-state index contributed by atoms with van der Waals surface area (Å²) in [6, 6.07) is 8.40. The molecule has 2 aliphatic rings. The van der Waals surface area contributed by atoms with E-state index in [0.29, 0.717) is 29.9 Å². The molecule has 0 amide bonds. The average molecular weight is 300 g/mol. The lowest BCUT2D eigenvalue weighted by Gasteiger charge is -2.39. The summed E-state index contributed by atoms with van der Waals surface area (Å²) in [6.07, 6.45) is 0.660. The highest BCUT2D eigenvalue weighted by Crippen LogP contribution is 2.52. The van der Waals surface area contributed by atoms with Crippen LogP contribution in [0.1, 0.15) is 35.3 Å². The Labute approximate surface area is 127 Å². The van der Waals surface area contributed by atoms with Crippen LogP contribution in [0, 0.1) is 0 Å². The number of benzene rings is 2. The molecule has 0 saturated carbocycles. The molecule has 0 aliphatic carbocycles. The van der Waals surface area contributed by atoms with Gasteiger partial charge in [-0.1, -0.05) is 0 Å². The van der Waals surface area contributed by atoms with Crippen molar-refractivity contribution < 1.29 is 24.8 Å². The highest BCUT2D eigenvalue weighted by atomic mass is 16.5. The molecule has 3 N–H and O–H groups in total. The van der Waals surface area contributed by atoms with Gasteiger partial charge in [-0.3, -0.25) is 0 Å². The van der Waals surface area contributed by atoms with Crippen LogP contribution in [-0.4, -0.2) is 21.9 Å². The van der Waals surface area contributed by atoms with Gasteiger partial charge in [0, 0.05) is 42.2 Å². The minimum Gasteiger partial charge on any atom is -0.508 e. The summed E-state index contributed by atoms with van der Waals surface area (Å²) in [5, 5.41) is 28.9. The van der Waals surface area contributed by atoms with E-state index in [0.717, 1.165) is 11.1 Å². The molecule has 2 heterocycles. The minimum atomic E-state index is -0.180. The number of aromatic hydroxyl groups is 2. The van der Waals surface area contributed by atoms with E-state index in [2.05, 4.69) is 0 Å². The monoisotopic (exact) mass is 300 g/mol. The van der Waals surface area contributed by atoms with Crippen LogP contribution in [0.4, 0.5) is 0 Å². The molecule has 0 spiro atoms. The minimum absolute atomic E-state index is 0.0615. The smallest absolute Gasteiger partial charge is 0.134 e. The molecule has 5 nitrogen and oxygen atoms in total. The Morgan fingerprint density at radius 1 is 1.00 bits per heavy atom. The number of rotatable bonds is 2. The van der Waals surface area contributed by atoms with Gasteiger partial charge in [0.05, 0.1) is 0 Å². The van der Waals surface area contributed by atoms with Crippen LogP contribution in [0.5, 0.6) is 23.0 Å². The predicted molar refractivity (Wildman–Crippen MR) is 78.4 cm³/mol. The second-order valence-corrected chi connectivity index (χ2v) is 5.63. The Morgan fingerprint density at radius 2 is 1.77 bits per heavy atom. The molecule has 22 heavy (non-hydrogen) atoms. The number of hydrogen-bond acceptors (Lipinski definition) is 5. The van der Waals surface area contributed by atoms with E-state index >= 15 is 0 Å². The summed E-state index contributed by atoms with van der Waals surface area (Å²) < 4.78 is 12.1. The summed E-state index contributed by atoms with van der Waals surface area (Å²) in [7, 11) is 0. The van der Waals surface area contributed by atoms with Crippen molar-refractivity contribution in [1.82, 2.24) is 0 Å². The molecular weight excluding hydrogens is 284 g/mol. The van der Waals surface area contributed by atoms with Gasteiger partial charge in [-0.15, -0.1) is 0 Å². The largest absolute Gasteiger partial charge is 0.508 e. The topological polar surface area (TPSA) is 79.2 Å². The summed E-state index contributed by atoms with van der Waals surface area (Å²) >= 11 is 0. The number of fused-ring (bicyclic) bond motifs is 6. The summed E-state index contributed by atoms with van der Waals surface area (Å²) in [5.74, 6) is 1.52. The maximum Gasteiger partial charge on any atom is 0.134 e. The van der Waals surface area contributed by atoms with E-state index in [-0.39, 0.29) is 30.3 Å². The van der Waals surface area contributed by atoms with E-state index in [9.17, 15) is 15.3 Å². The lowest BCUT2D eigenvalue weighted by molar-refractivity contribution is 0.0518. The van der Waals surface area contributed by atoms with E-state index in [1.807, 2.05) is 0 Å². The van der Waals surface area contributed by atoms with Crippen molar-refractivity contribution in [3.63, 3.8) is 0 Å². The van der Waals surface area contributed by atoms with Gasteiger partial charge in [0.1, 0.15) is 35.2 Å². The molecule has 114 valence electrons. The third kappa shape index (κ3) is 1.89. The number of aliphatic hydroxyl groups is 1. The number of phenols is 2. The van der Waals surface area contributed by atoms with Crippen LogP contribution >= 0.6 is 0 Å². The second-order valence-electron chi connectivity index (χ2n) is 5.63. The van der Waals surface area contributed by atoms with Gasteiger partial charge in [0.25, 0.3) is 0 Å². The van der Waals surface area contributed by atoms with Gasteiger partial charge < -0.3 is 24.8 Å². The van der Waals surface area contributed by atoms with E-state index in [4.69, 9.17) is 9.47 Å². The average Bonchev–Trinajstić information content (AvgIpc) is 2.50. The second kappa shape index (κ2) is 4.81. The van der Waals surface area contributed by atoms with E-state index < -0.39 is 0 Å². The molecule has 0 fully saturated rings. The Balaban J connectivity index is 1.82. The van der Waals surface area contributed by atoms with E-state index in [1.165, 1.54) is 0 Å². The zero-order valence-corrected chi connectivity index (χ0v) is 11.8. The Hall–Kier alpha value is -2.40. The molecule has 0 saturated heterocycles. The SMILES string of the molecule is OCCc1c(O)ccc2c1OC1CC2Oc2cc(O)ccc21. The first-order chi connectivity index (χ1) is 10.7. The zero-order chi connectivity index (χ0) is 15.3. The van der Waals surface area contributed by atoms with Crippen molar-refractivity contribution in [1.29, 1.82) is 0 Å². The maximum absolute atomic E-state index is 10.0. The third-order valence-electron chi connectivity index (χ3n) is 4.28. The first-order valence-electron chi connectivity index (χ1n) is 7.29. The number of aliphatic hydroxyl groups excluding tert-OH is 1. The summed E-state index contributed by atoms with van der Waals surface area (Å²) in [5.41, 5.74) is 2.37. The Kier molecular flexibility index (Phi) is 2.90. The van der Waals surface area contributed by atoms with Crippen LogP contribution in [0.2, 0.25) is 0 Å². The highest BCUT2D eigenvalue weighted by Gasteiger charge is 2.38. The molecule has 2 aliphatic heterocycles. The molecule has 2 aromatic rings. The normalized spacial score (nSPS) is 21.3.